The van der Waals surface area contributed by atoms with E-state index in [9.17, 15) is 0 Å². The third-order valence-electron chi connectivity index (χ3n) is 2.33. The Kier molecular flexibility index (Phi) is 4.41. The highest BCUT2D eigenvalue weighted by atomic mass is 16.5. The lowest BCUT2D eigenvalue weighted by Crippen LogP contribution is -1.97. The zero-order valence-electron chi connectivity index (χ0n) is 9.92. The largest absolute Gasteiger partial charge is 0.496 e. The zero-order valence-corrected chi connectivity index (χ0v) is 9.92. The second-order valence-corrected chi connectivity index (χ2v) is 4.34. The van der Waals surface area contributed by atoms with Crippen molar-refractivity contribution in [2.45, 2.75) is 26.7 Å². The van der Waals surface area contributed by atoms with Gasteiger partial charge in [0.25, 0.3) is 0 Å². The van der Waals surface area contributed by atoms with Crippen LogP contribution in [0.3, 0.4) is 0 Å². The molecule has 1 aromatic rings. The summed E-state index contributed by atoms with van der Waals surface area (Å²) in [6, 6.07) is 8.14. The van der Waals surface area contributed by atoms with E-state index in [1.54, 1.807) is 7.11 Å². The van der Waals surface area contributed by atoms with Crippen molar-refractivity contribution in [2.75, 3.05) is 7.11 Å². The van der Waals surface area contributed by atoms with E-state index in [0.717, 1.165) is 18.6 Å². The van der Waals surface area contributed by atoms with Crippen molar-refractivity contribution >= 4 is 0 Å². The number of para-hydroxylation sites is 1. The molecular weight excluding hydrogens is 184 g/mol. The molecule has 0 unspecified atom stereocenters. The Balaban J connectivity index is 2.67. The average Bonchev–Trinajstić information content (AvgIpc) is 2.17. The molecule has 1 aromatic carbocycles. The monoisotopic (exact) mass is 204 g/mol. The summed E-state index contributed by atoms with van der Waals surface area (Å²) in [6.45, 7) is 8.54. The van der Waals surface area contributed by atoms with E-state index in [-0.39, 0.29) is 0 Å². The number of ether oxygens (including phenoxy) is 1. The maximum Gasteiger partial charge on any atom is 0.122 e. The summed E-state index contributed by atoms with van der Waals surface area (Å²) < 4.78 is 5.31. The van der Waals surface area contributed by atoms with E-state index in [1.807, 2.05) is 18.2 Å². The van der Waals surface area contributed by atoms with Gasteiger partial charge < -0.3 is 4.74 Å². The van der Waals surface area contributed by atoms with Crippen molar-refractivity contribution in [2.24, 2.45) is 5.92 Å². The van der Waals surface area contributed by atoms with E-state index < -0.39 is 0 Å². The van der Waals surface area contributed by atoms with Crippen molar-refractivity contribution in [3.63, 3.8) is 0 Å². The van der Waals surface area contributed by atoms with E-state index in [4.69, 9.17) is 4.74 Å². The number of hydrogen-bond donors (Lipinski definition) is 0. The van der Waals surface area contributed by atoms with Gasteiger partial charge in [-0.25, -0.2) is 0 Å². The first-order valence-electron chi connectivity index (χ1n) is 5.42. The first kappa shape index (κ1) is 11.8. The first-order valence-corrected chi connectivity index (χ1v) is 5.42. The topological polar surface area (TPSA) is 9.23 Å². The van der Waals surface area contributed by atoms with Gasteiger partial charge in [-0.3, -0.25) is 0 Å². The SMILES string of the molecule is C=C(Cc1ccccc1OC)CC(C)C. The average molecular weight is 204 g/mol. The first-order chi connectivity index (χ1) is 7.13. The molecular formula is C14H20O. The highest BCUT2D eigenvalue weighted by Gasteiger charge is 2.05. The molecule has 82 valence electrons. The van der Waals surface area contributed by atoms with E-state index >= 15 is 0 Å². The molecule has 0 amide bonds. The summed E-state index contributed by atoms with van der Waals surface area (Å²) in [6.07, 6.45) is 2.00. The summed E-state index contributed by atoms with van der Waals surface area (Å²) >= 11 is 0. The molecule has 0 bridgehead atoms. The Bertz CT molecular complexity index is 326. The molecule has 0 saturated heterocycles. The molecule has 0 aromatic heterocycles. The molecule has 15 heavy (non-hydrogen) atoms. The smallest absolute Gasteiger partial charge is 0.122 e. The van der Waals surface area contributed by atoms with Crippen molar-refractivity contribution < 1.29 is 4.74 Å². The fourth-order valence-electron chi connectivity index (χ4n) is 1.77. The number of hydrogen-bond acceptors (Lipinski definition) is 1. The molecule has 1 heteroatoms. The van der Waals surface area contributed by atoms with Crippen LogP contribution in [0.4, 0.5) is 0 Å². The van der Waals surface area contributed by atoms with Crippen LogP contribution in [-0.4, -0.2) is 7.11 Å². The van der Waals surface area contributed by atoms with Gasteiger partial charge in [0.05, 0.1) is 7.11 Å². The van der Waals surface area contributed by atoms with E-state index in [0.29, 0.717) is 5.92 Å². The van der Waals surface area contributed by atoms with Gasteiger partial charge >= 0.3 is 0 Å². The maximum atomic E-state index is 5.31. The molecule has 0 radical (unpaired) electrons. The second-order valence-electron chi connectivity index (χ2n) is 4.34. The summed E-state index contributed by atoms with van der Waals surface area (Å²) in [5.74, 6) is 1.63. The Morgan fingerprint density at radius 3 is 2.60 bits per heavy atom. The number of methoxy groups -OCH3 is 1. The normalized spacial score (nSPS) is 10.4. The van der Waals surface area contributed by atoms with Gasteiger partial charge in [-0.1, -0.05) is 44.2 Å². The van der Waals surface area contributed by atoms with Crippen LogP contribution in [0, 0.1) is 5.92 Å². The second kappa shape index (κ2) is 5.59. The molecule has 1 nitrogen and oxygen atoms in total. The molecule has 0 aliphatic heterocycles. The molecule has 0 aliphatic rings. The summed E-state index contributed by atoms with van der Waals surface area (Å²) in [5, 5.41) is 0. The van der Waals surface area contributed by atoms with Crippen LogP contribution < -0.4 is 4.74 Å². The third-order valence-corrected chi connectivity index (χ3v) is 2.33. The highest BCUT2D eigenvalue weighted by molar-refractivity contribution is 5.35. The van der Waals surface area contributed by atoms with Crippen LogP contribution in [0.1, 0.15) is 25.8 Å². The minimum atomic E-state index is 0.673. The van der Waals surface area contributed by atoms with Gasteiger partial charge in [0.1, 0.15) is 5.75 Å². The van der Waals surface area contributed by atoms with Gasteiger partial charge in [0.15, 0.2) is 0 Å². The van der Waals surface area contributed by atoms with Gasteiger partial charge in [0, 0.05) is 0 Å². The lowest BCUT2D eigenvalue weighted by Gasteiger charge is -2.11. The Morgan fingerprint density at radius 1 is 1.33 bits per heavy atom. The molecule has 0 aliphatic carbocycles. The van der Waals surface area contributed by atoms with Crippen molar-refractivity contribution in [1.82, 2.24) is 0 Å². The Hall–Kier alpha value is -1.24. The number of rotatable bonds is 5. The molecule has 0 spiro atoms. The quantitative estimate of drug-likeness (QED) is 0.662. The standard InChI is InChI=1S/C14H20O/c1-11(2)9-12(3)10-13-7-5-6-8-14(13)15-4/h5-8,11H,3,9-10H2,1-2,4H3. The van der Waals surface area contributed by atoms with E-state index in [1.165, 1.54) is 11.1 Å². The van der Waals surface area contributed by atoms with Gasteiger partial charge in [-0.15, -0.1) is 0 Å². The van der Waals surface area contributed by atoms with Crippen LogP contribution in [0.25, 0.3) is 0 Å². The molecule has 1 rings (SSSR count). The van der Waals surface area contributed by atoms with Crippen LogP contribution in [0.15, 0.2) is 36.4 Å². The van der Waals surface area contributed by atoms with Crippen LogP contribution in [0.2, 0.25) is 0 Å². The predicted molar refractivity (Wildman–Crippen MR) is 65.3 cm³/mol. The fourth-order valence-corrected chi connectivity index (χ4v) is 1.77. The summed E-state index contributed by atoms with van der Waals surface area (Å²) in [5.41, 5.74) is 2.50. The molecule has 0 heterocycles. The lowest BCUT2D eigenvalue weighted by atomic mass is 9.98. The fraction of sp³-hybridized carbons (Fsp3) is 0.429. The summed E-state index contributed by atoms with van der Waals surface area (Å²) in [7, 11) is 1.71. The van der Waals surface area contributed by atoms with E-state index in [2.05, 4.69) is 26.5 Å². The maximum absolute atomic E-state index is 5.31. The minimum Gasteiger partial charge on any atom is -0.496 e. The highest BCUT2D eigenvalue weighted by Crippen LogP contribution is 2.22. The van der Waals surface area contributed by atoms with Crippen LogP contribution in [0.5, 0.6) is 5.75 Å². The number of allylic oxidation sites excluding steroid dienone is 1. The van der Waals surface area contributed by atoms with Crippen LogP contribution >= 0.6 is 0 Å². The zero-order chi connectivity index (χ0) is 11.3. The Morgan fingerprint density at radius 2 is 2.00 bits per heavy atom. The summed E-state index contributed by atoms with van der Waals surface area (Å²) in [4.78, 5) is 0. The Labute approximate surface area is 92.8 Å². The van der Waals surface area contributed by atoms with Gasteiger partial charge in [-0.2, -0.15) is 0 Å². The van der Waals surface area contributed by atoms with Gasteiger partial charge in [0.2, 0.25) is 0 Å². The van der Waals surface area contributed by atoms with Crippen molar-refractivity contribution in [3.05, 3.63) is 42.0 Å². The van der Waals surface area contributed by atoms with Crippen LogP contribution in [-0.2, 0) is 6.42 Å². The molecule has 0 saturated carbocycles. The molecule has 0 atom stereocenters. The predicted octanol–water partition coefficient (Wildman–Crippen LogP) is 3.84. The van der Waals surface area contributed by atoms with Crippen molar-refractivity contribution in [3.8, 4) is 5.75 Å². The molecule has 0 N–H and O–H groups in total. The van der Waals surface area contributed by atoms with Gasteiger partial charge in [-0.05, 0) is 30.4 Å². The number of benzene rings is 1. The minimum absolute atomic E-state index is 0.673. The van der Waals surface area contributed by atoms with Crippen molar-refractivity contribution in [1.29, 1.82) is 0 Å². The molecule has 0 fully saturated rings. The third kappa shape index (κ3) is 3.78. The lowest BCUT2D eigenvalue weighted by molar-refractivity contribution is 0.410.